The SMILES string of the molecule is C#N.CNC(=O)N1CCC2CC21. The minimum absolute atomic E-state index is 0.102. The van der Waals surface area contributed by atoms with E-state index < -0.39 is 0 Å². The first-order chi connectivity index (χ1) is 5.83. The Kier molecular flexibility index (Phi) is 2.54. The highest BCUT2D eigenvalue weighted by Crippen LogP contribution is 2.44. The number of rotatable bonds is 0. The number of nitriles is 1. The molecule has 2 rings (SSSR count). The van der Waals surface area contributed by atoms with Crippen LogP contribution in [0.15, 0.2) is 0 Å². The standard InChI is InChI=1S/C7H12N2O.CHN/c1-8-7(10)9-3-2-5-4-6(5)9;1-2/h5-6H,2-4H2,1H3,(H,8,10);1H. The van der Waals surface area contributed by atoms with Gasteiger partial charge >= 0.3 is 6.03 Å². The van der Waals surface area contributed by atoms with E-state index >= 15 is 0 Å². The molecule has 1 N–H and O–H groups in total. The molecule has 2 amide bonds. The molecule has 2 atom stereocenters. The number of carbonyl (C=O) groups excluding carboxylic acids is 1. The van der Waals surface area contributed by atoms with E-state index in [0.29, 0.717) is 6.04 Å². The van der Waals surface area contributed by atoms with Crippen LogP contribution in [0.5, 0.6) is 0 Å². The third-order valence-corrected chi connectivity index (χ3v) is 2.50. The maximum Gasteiger partial charge on any atom is 0.317 e. The monoisotopic (exact) mass is 167 g/mol. The summed E-state index contributed by atoms with van der Waals surface area (Å²) in [5.74, 6) is 0.845. The van der Waals surface area contributed by atoms with Crippen LogP contribution in [-0.2, 0) is 0 Å². The first-order valence-corrected chi connectivity index (χ1v) is 4.07. The van der Waals surface area contributed by atoms with E-state index in [4.69, 9.17) is 5.26 Å². The highest BCUT2D eigenvalue weighted by Gasteiger charge is 2.48. The third kappa shape index (κ3) is 1.35. The summed E-state index contributed by atoms with van der Waals surface area (Å²) in [5, 5.41) is 9.15. The van der Waals surface area contributed by atoms with Crippen LogP contribution in [0, 0.1) is 17.8 Å². The lowest BCUT2D eigenvalue weighted by Gasteiger charge is -2.16. The molecule has 4 heteroatoms. The Hall–Kier alpha value is -1.24. The van der Waals surface area contributed by atoms with E-state index in [-0.39, 0.29) is 6.03 Å². The van der Waals surface area contributed by atoms with Crippen molar-refractivity contribution in [2.45, 2.75) is 18.9 Å². The average molecular weight is 167 g/mol. The predicted octanol–water partition coefficient (Wildman–Crippen LogP) is 0.560. The lowest BCUT2D eigenvalue weighted by molar-refractivity contribution is 0.204. The van der Waals surface area contributed by atoms with Crippen molar-refractivity contribution in [1.29, 1.82) is 5.26 Å². The molecular formula is C8H13N3O. The van der Waals surface area contributed by atoms with Crippen LogP contribution in [0.25, 0.3) is 0 Å². The molecule has 1 heterocycles. The van der Waals surface area contributed by atoms with Crippen LogP contribution in [0.4, 0.5) is 4.79 Å². The number of nitrogens with one attached hydrogen (secondary N) is 1. The molecular weight excluding hydrogens is 154 g/mol. The lowest BCUT2D eigenvalue weighted by Crippen LogP contribution is -2.37. The van der Waals surface area contributed by atoms with Crippen molar-refractivity contribution in [3.8, 4) is 6.57 Å². The fourth-order valence-electron chi connectivity index (χ4n) is 1.79. The molecule has 2 unspecified atom stereocenters. The molecule has 12 heavy (non-hydrogen) atoms. The Morgan fingerprint density at radius 3 is 2.67 bits per heavy atom. The van der Waals surface area contributed by atoms with Gasteiger partial charge in [-0.15, -0.1) is 0 Å². The van der Waals surface area contributed by atoms with Gasteiger partial charge < -0.3 is 10.2 Å². The van der Waals surface area contributed by atoms with Crippen molar-refractivity contribution in [3.05, 3.63) is 0 Å². The van der Waals surface area contributed by atoms with Crippen LogP contribution in [0.3, 0.4) is 0 Å². The van der Waals surface area contributed by atoms with Crippen molar-refractivity contribution < 1.29 is 4.79 Å². The second-order valence-electron chi connectivity index (χ2n) is 3.10. The zero-order valence-electron chi connectivity index (χ0n) is 7.16. The molecule has 1 aliphatic heterocycles. The van der Waals surface area contributed by atoms with Gasteiger partial charge in [0, 0.05) is 26.2 Å². The van der Waals surface area contributed by atoms with Crippen LogP contribution in [-0.4, -0.2) is 30.6 Å². The molecule has 66 valence electrons. The highest BCUT2D eigenvalue weighted by atomic mass is 16.2. The van der Waals surface area contributed by atoms with E-state index in [9.17, 15) is 4.79 Å². The van der Waals surface area contributed by atoms with Gasteiger partial charge in [0.05, 0.1) is 0 Å². The first kappa shape index (κ1) is 8.85. The lowest BCUT2D eigenvalue weighted by atomic mass is 10.3. The Morgan fingerprint density at radius 2 is 2.33 bits per heavy atom. The van der Waals surface area contributed by atoms with Crippen molar-refractivity contribution in [3.63, 3.8) is 0 Å². The quantitative estimate of drug-likeness (QED) is 0.573. The largest absolute Gasteiger partial charge is 0.341 e. The summed E-state index contributed by atoms with van der Waals surface area (Å²) in [5.41, 5.74) is 0. The second-order valence-corrected chi connectivity index (χ2v) is 3.10. The molecule has 2 aliphatic rings. The topological polar surface area (TPSA) is 56.1 Å². The third-order valence-electron chi connectivity index (χ3n) is 2.50. The van der Waals surface area contributed by atoms with Crippen molar-refractivity contribution in [1.82, 2.24) is 10.2 Å². The number of amides is 2. The van der Waals surface area contributed by atoms with Crippen molar-refractivity contribution in [2.24, 2.45) is 5.92 Å². The summed E-state index contributed by atoms with van der Waals surface area (Å²) in [6.45, 7) is 4.47. The molecule has 0 aromatic carbocycles. The first-order valence-electron chi connectivity index (χ1n) is 4.07. The van der Waals surface area contributed by atoms with Crippen LogP contribution >= 0.6 is 0 Å². The number of urea groups is 1. The molecule has 0 bridgehead atoms. The molecule has 0 radical (unpaired) electrons. The van der Waals surface area contributed by atoms with Crippen LogP contribution in [0.1, 0.15) is 12.8 Å². The van der Waals surface area contributed by atoms with E-state index in [1.54, 1.807) is 7.05 Å². The molecule has 1 saturated carbocycles. The second kappa shape index (κ2) is 3.44. The Labute approximate surface area is 72.2 Å². The number of carbonyl (C=O) groups is 1. The van der Waals surface area contributed by atoms with Gasteiger partial charge in [-0.05, 0) is 18.8 Å². The minimum atomic E-state index is 0.102. The zero-order chi connectivity index (χ0) is 9.14. The van der Waals surface area contributed by atoms with Gasteiger partial charge in [-0.25, -0.2) is 10.1 Å². The summed E-state index contributed by atoms with van der Waals surface area (Å²) in [6.07, 6.45) is 2.46. The molecule has 1 aliphatic carbocycles. The Balaban J connectivity index is 0.000000336. The summed E-state index contributed by atoms with van der Waals surface area (Å²) < 4.78 is 0. The van der Waals surface area contributed by atoms with E-state index in [1.807, 2.05) is 4.90 Å². The number of piperidine rings is 1. The van der Waals surface area contributed by atoms with Crippen molar-refractivity contribution >= 4 is 6.03 Å². The number of hydrogen-bond acceptors (Lipinski definition) is 2. The maximum atomic E-state index is 11.1. The normalized spacial score (nSPS) is 29.8. The van der Waals surface area contributed by atoms with Gasteiger partial charge in [-0.2, -0.15) is 0 Å². The summed E-state index contributed by atoms with van der Waals surface area (Å²) in [4.78, 5) is 13.0. The van der Waals surface area contributed by atoms with Crippen molar-refractivity contribution in [2.75, 3.05) is 13.6 Å². The zero-order valence-corrected chi connectivity index (χ0v) is 7.16. The van der Waals surface area contributed by atoms with Gasteiger partial charge in [0.25, 0.3) is 0 Å². The molecule has 2 fully saturated rings. The maximum absolute atomic E-state index is 11.1. The Bertz CT molecular complexity index is 202. The Morgan fingerprint density at radius 1 is 1.67 bits per heavy atom. The number of nitrogens with zero attached hydrogens (tertiary/aromatic N) is 2. The smallest absolute Gasteiger partial charge is 0.317 e. The van der Waals surface area contributed by atoms with Gasteiger partial charge in [-0.3, -0.25) is 0 Å². The summed E-state index contributed by atoms with van der Waals surface area (Å²) >= 11 is 0. The highest BCUT2D eigenvalue weighted by molar-refractivity contribution is 5.75. The predicted molar refractivity (Wildman–Crippen MR) is 44.3 cm³/mol. The van der Waals surface area contributed by atoms with Gasteiger partial charge in [0.1, 0.15) is 0 Å². The van der Waals surface area contributed by atoms with Gasteiger partial charge in [0.15, 0.2) is 0 Å². The van der Waals surface area contributed by atoms with Gasteiger partial charge in [-0.1, -0.05) is 0 Å². The minimum Gasteiger partial charge on any atom is -0.341 e. The molecule has 1 saturated heterocycles. The number of likely N-dealkylation sites (tertiary alicyclic amines) is 1. The summed E-state index contributed by atoms with van der Waals surface area (Å²) in [6, 6.07) is 0.699. The van der Waals surface area contributed by atoms with E-state index in [2.05, 4.69) is 11.9 Å². The van der Waals surface area contributed by atoms with Crippen LogP contribution < -0.4 is 5.32 Å². The molecule has 0 aromatic rings. The molecule has 0 aromatic heterocycles. The fourth-order valence-corrected chi connectivity index (χ4v) is 1.79. The van der Waals surface area contributed by atoms with E-state index in [0.717, 1.165) is 12.5 Å². The fraction of sp³-hybridized carbons (Fsp3) is 0.750. The average Bonchev–Trinajstić information content (AvgIpc) is 2.80. The van der Waals surface area contributed by atoms with Crippen LogP contribution in [0.2, 0.25) is 0 Å². The van der Waals surface area contributed by atoms with E-state index in [1.165, 1.54) is 12.8 Å². The number of hydrogen-bond donors (Lipinski definition) is 1. The number of fused-ring (bicyclic) bond motifs is 1. The van der Waals surface area contributed by atoms with Gasteiger partial charge in [0.2, 0.25) is 0 Å². The molecule has 0 spiro atoms. The molecule has 4 nitrogen and oxygen atoms in total. The summed E-state index contributed by atoms with van der Waals surface area (Å²) in [7, 11) is 1.69.